The van der Waals surface area contributed by atoms with E-state index in [1.807, 2.05) is 0 Å². The Morgan fingerprint density at radius 1 is 0.955 bits per heavy atom. The monoisotopic (exact) mass is 328 g/mol. The molecule has 0 aliphatic rings. The van der Waals surface area contributed by atoms with Gasteiger partial charge in [0.15, 0.2) is 0 Å². The lowest BCUT2D eigenvalue weighted by Gasteiger charge is -2.33. The summed E-state index contributed by atoms with van der Waals surface area (Å²) in [6.45, 7) is 8.89. The van der Waals surface area contributed by atoms with Crippen molar-refractivity contribution in [3.63, 3.8) is 0 Å². The van der Waals surface area contributed by atoms with Gasteiger partial charge in [-0.25, -0.2) is 0 Å². The predicted octanol–water partition coefficient (Wildman–Crippen LogP) is 5.17. The third-order valence-electron chi connectivity index (χ3n) is 5.28. The van der Waals surface area contributed by atoms with Gasteiger partial charge in [-0.15, -0.1) is 0 Å². The van der Waals surface area contributed by atoms with E-state index in [9.17, 15) is 4.79 Å². The molecular formula is C19H40O2Si. The minimum Gasteiger partial charge on any atom is -0.528 e. The van der Waals surface area contributed by atoms with Gasteiger partial charge in [0.25, 0.3) is 5.97 Å². The molecule has 0 saturated heterocycles. The number of rotatable bonds is 14. The zero-order valence-electron chi connectivity index (χ0n) is 15.9. The molecule has 0 rings (SSSR count). The van der Waals surface area contributed by atoms with Crippen LogP contribution >= 0.6 is 0 Å². The third kappa shape index (κ3) is 8.35. The Morgan fingerprint density at radius 2 is 1.45 bits per heavy atom. The Hall–Kier alpha value is -0.313. The Kier molecular flexibility index (Phi) is 13.0. The van der Waals surface area contributed by atoms with E-state index in [4.69, 9.17) is 4.43 Å². The number of unbranched alkanes of at least 4 members (excludes halogenated alkanes) is 8. The number of carbonyl (C=O) groups is 1. The van der Waals surface area contributed by atoms with Gasteiger partial charge in [0.1, 0.15) is 0 Å². The van der Waals surface area contributed by atoms with Crippen molar-refractivity contribution in [2.45, 2.75) is 105 Å². The number of hydrogen-bond donors (Lipinski definition) is 0. The first kappa shape index (κ1) is 21.7. The van der Waals surface area contributed by atoms with E-state index >= 15 is 0 Å². The van der Waals surface area contributed by atoms with E-state index in [0.717, 1.165) is 19.3 Å². The zero-order chi connectivity index (χ0) is 16.8. The van der Waals surface area contributed by atoms with Crippen molar-refractivity contribution < 1.29 is 9.22 Å². The smallest absolute Gasteiger partial charge is 0.298 e. The summed E-state index contributed by atoms with van der Waals surface area (Å²) >= 11 is 0. The van der Waals surface area contributed by atoms with Crippen LogP contribution < -0.4 is 0 Å². The van der Waals surface area contributed by atoms with E-state index in [-0.39, 0.29) is 11.4 Å². The average molecular weight is 329 g/mol. The molecule has 132 valence electrons. The van der Waals surface area contributed by atoms with Gasteiger partial charge in [-0.1, -0.05) is 85.0 Å². The van der Waals surface area contributed by atoms with Crippen molar-refractivity contribution in [2.24, 2.45) is 11.3 Å². The summed E-state index contributed by atoms with van der Waals surface area (Å²) in [5.74, 6) is 0.484. The summed E-state index contributed by atoms with van der Waals surface area (Å²) in [7, 11) is 0.517. The molecule has 0 heterocycles. The van der Waals surface area contributed by atoms with Crippen molar-refractivity contribution in [3.05, 3.63) is 0 Å². The molecule has 0 aromatic heterocycles. The summed E-state index contributed by atoms with van der Waals surface area (Å²) < 4.78 is 5.26. The van der Waals surface area contributed by atoms with E-state index in [1.165, 1.54) is 57.8 Å². The maximum Gasteiger partial charge on any atom is 0.298 e. The van der Waals surface area contributed by atoms with Crippen molar-refractivity contribution in [1.82, 2.24) is 0 Å². The lowest BCUT2D eigenvalue weighted by molar-refractivity contribution is -0.148. The van der Waals surface area contributed by atoms with Gasteiger partial charge in [-0.2, -0.15) is 0 Å². The van der Waals surface area contributed by atoms with Crippen LogP contribution in [0.5, 0.6) is 0 Å². The molecular weight excluding hydrogens is 288 g/mol. The van der Waals surface area contributed by atoms with Gasteiger partial charge in [0.05, 0.1) is 5.41 Å². The van der Waals surface area contributed by atoms with Crippen LogP contribution in [0.4, 0.5) is 0 Å². The molecule has 2 nitrogen and oxygen atoms in total. The lowest BCUT2D eigenvalue weighted by atomic mass is 9.72. The topological polar surface area (TPSA) is 26.3 Å². The van der Waals surface area contributed by atoms with Crippen LogP contribution in [-0.2, 0) is 9.22 Å². The molecule has 0 aromatic rings. The maximum absolute atomic E-state index is 12.3. The van der Waals surface area contributed by atoms with Gasteiger partial charge in [0, 0.05) is 0 Å². The predicted molar refractivity (Wildman–Crippen MR) is 100 cm³/mol. The molecule has 0 radical (unpaired) electrons. The molecule has 0 spiro atoms. The zero-order valence-corrected chi connectivity index (χ0v) is 17.9. The molecule has 0 aliphatic carbocycles. The molecule has 2 unspecified atom stereocenters. The fourth-order valence-electron chi connectivity index (χ4n) is 3.25. The van der Waals surface area contributed by atoms with E-state index in [0.29, 0.717) is 16.4 Å². The quantitative estimate of drug-likeness (QED) is 0.325. The second-order valence-corrected chi connectivity index (χ2v) is 7.59. The van der Waals surface area contributed by atoms with Crippen molar-refractivity contribution >= 4 is 16.5 Å². The van der Waals surface area contributed by atoms with Gasteiger partial charge < -0.3 is 4.43 Å². The van der Waals surface area contributed by atoms with E-state index < -0.39 is 0 Å². The molecule has 0 N–H and O–H groups in total. The van der Waals surface area contributed by atoms with Crippen LogP contribution in [0, 0.1) is 11.3 Å². The molecule has 0 aromatic carbocycles. The van der Waals surface area contributed by atoms with E-state index in [2.05, 4.69) is 27.7 Å². The first-order chi connectivity index (χ1) is 10.5. The van der Waals surface area contributed by atoms with Gasteiger partial charge >= 0.3 is 0 Å². The van der Waals surface area contributed by atoms with Crippen LogP contribution in [0.1, 0.15) is 105 Å². The molecule has 0 amide bonds. The average Bonchev–Trinajstić information content (AvgIpc) is 2.53. The highest BCUT2D eigenvalue weighted by atomic mass is 28.2. The first-order valence-electron chi connectivity index (χ1n) is 9.61. The Labute approximate surface area is 142 Å². The largest absolute Gasteiger partial charge is 0.528 e. The van der Waals surface area contributed by atoms with Crippen molar-refractivity contribution in [1.29, 1.82) is 0 Å². The van der Waals surface area contributed by atoms with Crippen LogP contribution in [-0.4, -0.2) is 16.5 Å². The molecule has 0 saturated carbocycles. The van der Waals surface area contributed by atoms with Crippen LogP contribution in [0.15, 0.2) is 0 Å². The second-order valence-electron chi connectivity index (χ2n) is 7.18. The van der Waals surface area contributed by atoms with Crippen LogP contribution in [0.2, 0.25) is 0 Å². The normalized spacial score (nSPS) is 15.5. The summed E-state index contributed by atoms with van der Waals surface area (Å²) in [5.41, 5.74) is -0.265. The standard InChI is InChI=1S/C19H40O2Si/c1-5-7-9-11-13-15-17(3)19(4,18(20)21-22)16-14-12-10-8-6-2/h17H,5-16H2,1-4,22H3. The second kappa shape index (κ2) is 13.2. The fourth-order valence-corrected chi connectivity index (χ4v) is 3.72. The number of hydrogen-bond acceptors (Lipinski definition) is 2. The first-order valence-corrected chi connectivity index (χ1v) is 10.4. The minimum absolute atomic E-state index is 0.0516. The Morgan fingerprint density at radius 3 is 1.95 bits per heavy atom. The van der Waals surface area contributed by atoms with Crippen LogP contribution in [0.3, 0.4) is 0 Å². The Bertz CT molecular complexity index is 281. The Balaban J connectivity index is 4.30. The minimum atomic E-state index is -0.265. The molecule has 2 atom stereocenters. The number of carbonyl (C=O) groups excluding carboxylic acids is 1. The SMILES string of the molecule is CCCCCCCC(C)C(C)(CCCCCCC)C(=O)O[SiH3]. The highest BCUT2D eigenvalue weighted by Crippen LogP contribution is 2.37. The van der Waals surface area contributed by atoms with Crippen LogP contribution in [0.25, 0.3) is 0 Å². The van der Waals surface area contributed by atoms with Crippen molar-refractivity contribution in [3.8, 4) is 0 Å². The maximum atomic E-state index is 12.3. The summed E-state index contributed by atoms with van der Waals surface area (Å²) in [6, 6.07) is 0. The van der Waals surface area contributed by atoms with Gasteiger partial charge in [-0.3, -0.25) is 4.79 Å². The van der Waals surface area contributed by atoms with Gasteiger partial charge in [0.2, 0.25) is 10.5 Å². The summed E-state index contributed by atoms with van der Waals surface area (Å²) in [5, 5.41) is 0. The highest BCUT2D eigenvalue weighted by molar-refractivity contribution is 6.06. The molecule has 22 heavy (non-hydrogen) atoms. The molecule has 0 bridgehead atoms. The highest BCUT2D eigenvalue weighted by Gasteiger charge is 2.38. The third-order valence-corrected chi connectivity index (χ3v) is 5.65. The summed E-state index contributed by atoms with van der Waals surface area (Å²) in [6.07, 6.45) is 15.0. The lowest BCUT2D eigenvalue weighted by Crippen LogP contribution is -2.36. The van der Waals surface area contributed by atoms with Gasteiger partial charge in [-0.05, 0) is 25.7 Å². The molecule has 0 aliphatic heterocycles. The molecule has 3 heteroatoms. The fraction of sp³-hybridized carbons (Fsp3) is 0.947. The van der Waals surface area contributed by atoms with Crippen molar-refractivity contribution in [2.75, 3.05) is 0 Å². The molecule has 0 fully saturated rings. The summed E-state index contributed by atoms with van der Waals surface area (Å²) in [4.78, 5) is 12.3. The van der Waals surface area contributed by atoms with E-state index in [1.54, 1.807) is 0 Å².